The van der Waals surface area contributed by atoms with Crippen molar-refractivity contribution < 1.29 is 14.3 Å². The number of amides is 3. The van der Waals surface area contributed by atoms with Crippen LogP contribution in [0.4, 0.5) is 4.79 Å². The van der Waals surface area contributed by atoms with E-state index in [9.17, 15) is 9.59 Å². The lowest BCUT2D eigenvalue weighted by Crippen LogP contribution is -2.46. The zero-order valence-corrected chi connectivity index (χ0v) is 8.82. The largest absolute Gasteiger partial charge is 0.342 e. The molecule has 0 bridgehead atoms. The van der Waals surface area contributed by atoms with Crippen LogP contribution in [0, 0.1) is 0 Å². The molecule has 2 rings (SSSR count). The van der Waals surface area contributed by atoms with Crippen molar-refractivity contribution in [3.05, 3.63) is 35.9 Å². The maximum Gasteiger partial charge on any atom is 0.324 e. The van der Waals surface area contributed by atoms with Gasteiger partial charge in [0.05, 0.1) is 6.61 Å². The van der Waals surface area contributed by atoms with Gasteiger partial charge >= 0.3 is 6.03 Å². The lowest BCUT2D eigenvalue weighted by Gasteiger charge is -2.20. The molecule has 0 saturated carbocycles. The van der Waals surface area contributed by atoms with Crippen molar-refractivity contribution in [3.8, 4) is 0 Å². The molecular weight excluding hydrogens is 208 g/mol. The van der Waals surface area contributed by atoms with Crippen molar-refractivity contribution in [3.63, 3.8) is 0 Å². The van der Waals surface area contributed by atoms with Crippen molar-refractivity contribution in [2.75, 3.05) is 0 Å². The highest BCUT2D eigenvalue weighted by Gasteiger charge is 2.43. The second-order valence-corrected chi connectivity index (χ2v) is 3.72. The van der Waals surface area contributed by atoms with E-state index >= 15 is 0 Å². The average molecular weight is 220 g/mol. The van der Waals surface area contributed by atoms with Crippen LogP contribution in [-0.4, -0.2) is 17.7 Å². The summed E-state index contributed by atoms with van der Waals surface area (Å²) in [6.45, 7) is 1.79. The molecule has 0 spiro atoms. The van der Waals surface area contributed by atoms with E-state index in [0.29, 0.717) is 0 Å². The summed E-state index contributed by atoms with van der Waals surface area (Å²) in [7, 11) is 0. The van der Waals surface area contributed by atoms with E-state index in [1.165, 1.54) is 6.92 Å². The van der Waals surface area contributed by atoms with E-state index in [1.807, 2.05) is 30.3 Å². The number of rotatable bonds is 3. The zero-order valence-electron chi connectivity index (χ0n) is 8.82. The Labute approximate surface area is 92.8 Å². The number of hydrogen-bond donors (Lipinski definition) is 2. The Bertz CT molecular complexity index is 418. The Morgan fingerprint density at radius 3 is 2.50 bits per heavy atom. The van der Waals surface area contributed by atoms with Gasteiger partial charge in [-0.3, -0.25) is 10.1 Å². The topological polar surface area (TPSA) is 67.4 Å². The van der Waals surface area contributed by atoms with Crippen LogP contribution in [-0.2, 0) is 16.1 Å². The summed E-state index contributed by atoms with van der Waals surface area (Å²) < 4.78 is 5.42. The Hall–Kier alpha value is -1.88. The number of nitrogens with one attached hydrogen (secondary N) is 2. The van der Waals surface area contributed by atoms with Crippen molar-refractivity contribution in [1.82, 2.24) is 10.6 Å². The predicted octanol–water partition coefficient (Wildman–Crippen LogP) is 0.759. The van der Waals surface area contributed by atoms with Crippen molar-refractivity contribution in [2.45, 2.75) is 19.3 Å². The summed E-state index contributed by atoms with van der Waals surface area (Å²) in [5, 5.41) is 4.56. The first-order valence-corrected chi connectivity index (χ1v) is 4.92. The standard InChI is InChI=1S/C11H12N2O3/c1-11(9(14)12-10(15)13-11)16-7-8-5-3-2-4-6-8/h2-6H,7H2,1H3,(H2,12,13,14,15). The van der Waals surface area contributed by atoms with Gasteiger partial charge in [-0.25, -0.2) is 4.79 Å². The molecule has 1 aromatic carbocycles. The van der Waals surface area contributed by atoms with E-state index in [2.05, 4.69) is 10.6 Å². The van der Waals surface area contributed by atoms with E-state index in [0.717, 1.165) is 5.56 Å². The molecule has 5 heteroatoms. The molecule has 1 aliphatic heterocycles. The molecule has 1 aromatic rings. The molecule has 3 amide bonds. The molecule has 84 valence electrons. The summed E-state index contributed by atoms with van der Waals surface area (Å²) in [4.78, 5) is 22.4. The number of benzene rings is 1. The molecule has 1 fully saturated rings. The van der Waals surface area contributed by atoms with Crippen molar-refractivity contribution in [2.24, 2.45) is 0 Å². The molecule has 5 nitrogen and oxygen atoms in total. The van der Waals surface area contributed by atoms with Gasteiger partial charge in [0.2, 0.25) is 5.72 Å². The highest BCUT2D eigenvalue weighted by atomic mass is 16.5. The Kier molecular flexibility index (Phi) is 2.62. The van der Waals surface area contributed by atoms with Gasteiger partial charge in [0, 0.05) is 0 Å². The molecule has 1 atom stereocenters. The Balaban J connectivity index is 2.00. The quantitative estimate of drug-likeness (QED) is 0.739. The third kappa shape index (κ3) is 2.04. The van der Waals surface area contributed by atoms with E-state index in [-0.39, 0.29) is 6.61 Å². The van der Waals surface area contributed by atoms with Crippen LogP contribution in [0.5, 0.6) is 0 Å². The van der Waals surface area contributed by atoms with Gasteiger partial charge in [-0.1, -0.05) is 30.3 Å². The molecule has 1 unspecified atom stereocenters. The van der Waals surface area contributed by atoms with Gasteiger partial charge in [-0.2, -0.15) is 0 Å². The first kappa shape index (κ1) is 10.6. The van der Waals surface area contributed by atoms with Gasteiger partial charge < -0.3 is 10.1 Å². The third-order valence-corrected chi connectivity index (χ3v) is 2.38. The molecule has 1 saturated heterocycles. The van der Waals surface area contributed by atoms with Crippen LogP contribution < -0.4 is 10.6 Å². The zero-order chi connectivity index (χ0) is 11.6. The second kappa shape index (κ2) is 3.94. The highest BCUT2D eigenvalue weighted by molar-refractivity contribution is 6.05. The van der Waals surface area contributed by atoms with E-state index in [1.54, 1.807) is 0 Å². The number of carbonyl (C=O) groups is 2. The second-order valence-electron chi connectivity index (χ2n) is 3.72. The molecule has 0 aromatic heterocycles. The fourth-order valence-electron chi connectivity index (χ4n) is 1.43. The van der Waals surface area contributed by atoms with Crippen LogP contribution in [0.15, 0.2) is 30.3 Å². The minimum Gasteiger partial charge on any atom is -0.342 e. The average Bonchev–Trinajstić information content (AvgIpc) is 2.52. The summed E-state index contributed by atoms with van der Waals surface area (Å²) in [6.07, 6.45) is 0. The summed E-state index contributed by atoms with van der Waals surface area (Å²) in [6, 6.07) is 8.91. The van der Waals surface area contributed by atoms with Gasteiger partial charge in [0.15, 0.2) is 0 Å². The minimum absolute atomic E-state index is 0.269. The number of ether oxygens (including phenoxy) is 1. The van der Waals surface area contributed by atoms with Gasteiger partial charge in [-0.15, -0.1) is 0 Å². The molecular formula is C11H12N2O3. The van der Waals surface area contributed by atoms with Gasteiger partial charge in [0.1, 0.15) is 0 Å². The predicted molar refractivity (Wildman–Crippen MR) is 56.3 cm³/mol. The summed E-state index contributed by atoms with van der Waals surface area (Å²) in [5.74, 6) is -0.464. The molecule has 2 N–H and O–H groups in total. The number of imide groups is 1. The minimum atomic E-state index is -1.27. The van der Waals surface area contributed by atoms with Gasteiger partial charge in [-0.05, 0) is 12.5 Å². The summed E-state index contributed by atoms with van der Waals surface area (Å²) >= 11 is 0. The van der Waals surface area contributed by atoms with Crippen molar-refractivity contribution >= 4 is 11.9 Å². The molecule has 0 radical (unpaired) electrons. The van der Waals surface area contributed by atoms with Crippen LogP contribution in [0.1, 0.15) is 12.5 Å². The Morgan fingerprint density at radius 1 is 1.25 bits per heavy atom. The molecule has 16 heavy (non-hydrogen) atoms. The number of hydrogen-bond acceptors (Lipinski definition) is 3. The molecule has 0 aliphatic carbocycles. The van der Waals surface area contributed by atoms with E-state index < -0.39 is 17.7 Å². The highest BCUT2D eigenvalue weighted by Crippen LogP contribution is 2.14. The molecule has 1 aliphatic rings. The lowest BCUT2D eigenvalue weighted by atomic mass is 10.2. The first-order chi connectivity index (χ1) is 7.60. The lowest BCUT2D eigenvalue weighted by molar-refractivity contribution is -0.143. The van der Waals surface area contributed by atoms with Crippen LogP contribution in [0.3, 0.4) is 0 Å². The van der Waals surface area contributed by atoms with Gasteiger partial charge in [0.25, 0.3) is 5.91 Å². The number of carbonyl (C=O) groups excluding carboxylic acids is 2. The summed E-state index contributed by atoms with van der Waals surface area (Å²) in [5.41, 5.74) is -0.329. The maximum absolute atomic E-state index is 11.4. The normalized spacial score (nSPS) is 24.1. The fraction of sp³-hybridized carbons (Fsp3) is 0.273. The fourth-order valence-corrected chi connectivity index (χ4v) is 1.43. The number of urea groups is 1. The monoisotopic (exact) mass is 220 g/mol. The Morgan fingerprint density at radius 2 is 1.94 bits per heavy atom. The smallest absolute Gasteiger partial charge is 0.324 e. The van der Waals surface area contributed by atoms with Crippen LogP contribution in [0.25, 0.3) is 0 Å². The van der Waals surface area contributed by atoms with Crippen molar-refractivity contribution in [1.29, 1.82) is 0 Å². The van der Waals surface area contributed by atoms with Crippen LogP contribution >= 0.6 is 0 Å². The van der Waals surface area contributed by atoms with Crippen LogP contribution in [0.2, 0.25) is 0 Å². The molecule has 1 heterocycles. The third-order valence-electron chi connectivity index (χ3n) is 2.38. The van der Waals surface area contributed by atoms with E-state index in [4.69, 9.17) is 4.74 Å². The SMILES string of the molecule is CC1(OCc2ccccc2)NC(=O)NC1=O. The first-order valence-electron chi connectivity index (χ1n) is 4.92. The maximum atomic E-state index is 11.4.